The summed E-state index contributed by atoms with van der Waals surface area (Å²) in [4.78, 5) is 7.65. The minimum Gasteiger partial charge on any atom is -0.306 e. The molecular formula is C5H5BrN2O2S. The standard InChI is InChI=1S/C5H5BrN2O2S/c6-4-1-2-7-5(8-4)3-11(9)10/h1-2H,3H2,(H,9,10). The minimum absolute atomic E-state index is 0.0283. The molecule has 0 amide bonds. The van der Waals surface area contributed by atoms with Crippen molar-refractivity contribution in [3.05, 3.63) is 22.7 Å². The highest BCUT2D eigenvalue weighted by molar-refractivity contribution is 9.10. The Balaban J connectivity index is 2.79. The summed E-state index contributed by atoms with van der Waals surface area (Å²) >= 11 is 1.25. The SMILES string of the molecule is O=S(O)Cc1nccc(Br)n1. The fourth-order valence-corrected chi connectivity index (χ4v) is 1.24. The first-order valence-electron chi connectivity index (χ1n) is 2.73. The first kappa shape index (κ1) is 8.76. The van der Waals surface area contributed by atoms with Crippen molar-refractivity contribution in [3.8, 4) is 0 Å². The smallest absolute Gasteiger partial charge is 0.160 e. The molecule has 4 nitrogen and oxygen atoms in total. The lowest BCUT2D eigenvalue weighted by molar-refractivity contribution is 0.562. The van der Waals surface area contributed by atoms with E-state index in [0.717, 1.165) is 0 Å². The van der Waals surface area contributed by atoms with Crippen LogP contribution in [0, 0.1) is 0 Å². The number of halogens is 1. The van der Waals surface area contributed by atoms with E-state index >= 15 is 0 Å². The predicted molar refractivity (Wildman–Crippen MR) is 44.2 cm³/mol. The fourth-order valence-electron chi connectivity index (χ4n) is 0.554. The van der Waals surface area contributed by atoms with Crippen LogP contribution < -0.4 is 0 Å². The van der Waals surface area contributed by atoms with E-state index in [4.69, 9.17) is 4.55 Å². The van der Waals surface area contributed by atoms with Gasteiger partial charge in [0.2, 0.25) is 0 Å². The van der Waals surface area contributed by atoms with Crippen LogP contribution in [0.15, 0.2) is 16.9 Å². The van der Waals surface area contributed by atoms with Crippen LogP contribution in [0.2, 0.25) is 0 Å². The van der Waals surface area contributed by atoms with Gasteiger partial charge in [0.1, 0.15) is 16.2 Å². The van der Waals surface area contributed by atoms with E-state index in [-0.39, 0.29) is 5.75 Å². The van der Waals surface area contributed by atoms with E-state index in [0.29, 0.717) is 10.4 Å². The van der Waals surface area contributed by atoms with Crippen molar-refractivity contribution < 1.29 is 8.76 Å². The van der Waals surface area contributed by atoms with Crippen LogP contribution in [0.3, 0.4) is 0 Å². The second kappa shape index (κ2) is 3.89. The van der Waals surface area contributed by atoms with Crippen LogP contribution in [0.5, 0.6) is 0 Å². The molecule has 1 aromatic rings. The van der Waals surface area contributed by atoms with Crippen LogP contribution in [0.25, 0.3) is 0 Å². The molecule has 1 aromatic heterocycles. The number of aromatic nitrogens is 2. The van der Waals surface area contributed by atoms with E-state index in [2.05, 4.69) is 25.9 Å². The Hall–Kier alpha value is -0.330. The summed E-state index contributed by atoms with van der Waals surface area (Å²) in [7, 11) is 0. The van der Waals surface area contributed by atoms with Crippen LogP contribution in [-0.2, 0) is 16.8 Å². The molecule has 60 valence electrons. The molecule has 11 heavy (non-hydrogen) atoms. The highest BCUT2D eigenvalue weighted by atomic mass is 79.9. The molecule has 0 spiro atoms. The largest absolute Gasteiger partial charge is 0.306 e. The molecule has 1 unspecified atom stereocenters. The zero-order valence-corrected chi connectivity index (χ0v) is 7.80. The van der Waals surface area contributed by atoms with Crippen molar-refractivity contribution in [2.75, 3.05) is 0 Å². The maximum Gasteiger partial charge on any atom is 0.160 e. The minimum atomic E-state index is -1.87. The lowest BCUT2D eigenvalue weighted by Crippen LogP contribution is -1.98. The third-order valence-electron chi connectivity index (χ3n) is 0.924. The summed E-state index contributed by atoms with van der Waals surface area (Å²) in [5.74, 6) is 0.333. The van der Waals surface area contributed by atoms with Crippen molar-refractivity contribution in [1.29, 1.82) is 0 Å². The fraction of sp³-hybridized carbons (Fsp3) is 0.200. The van der Waals surface area contributed by atoms with Crippen molar-refractivity contribution in [1.82, 2.24) is 9.97 Å². The van der Waals surface area contributed by atoms with Gasteiger partial charge in [0.05, 0.1) is 0 Å². The molecule has 0 aliphatic heterocycles. The Morgan fingerprint density at radius 1 is 1.73 bits per heavy atom. The summed E-state index contributed by atoms with van der Waals surface area (Å²) in [5, 5.41) is 0. The summed E-state index contributed by atoms with van der Waals surface area (Å²) < 4.78 is 19.4. The highest BCUT2D eigenvalue weighted by Gasteiger charge is 2.00. The molecule has 1 rings (SSSR count). The van der Waals surface area contributed by atoms with Gasteiger partial charge >= 0.3 is 0 Å². The third-order valence-corrected chi connectivity index (χ3v) is 1.87. The second-order valence-corrected chi connectivity index (χ2v) is 3.51. The second-order valence-electron chi connectivity index (χ2n) is 1.76. The lowest BCUT2D eigenvalue weighted by atomic mass is 10.6. The van der Waals surface area contributed by atoms with Crippen molar-refractivity contribution >= 4 is 27.0 Å². The molecule has 0 aromatic carbocycles. The average molecular weight is 237 g/mol. The van der Waals surface area contributed by atoms with Gasteiger partial charge in [0, 0.05) is 6.20 Å². The molecule has 0 radical (unpaired) electrons. The maximum atomic E-state index is 10.3. The molecule has 0 saturated carbocycles. The molecule has 1 heterocycles. The van der Waals surface area contributed by atoms with Crippen molar-refractivity contribution in [2.45, 2.75) is 5.75 Å². The monoisotopic (exact) mass is 236 g/mol. The molecule has 0 aliphatic carbocycles. The summed E-state index contributed by atoms with van der Waals surface area (Å²) in [6, 6.07) is 1.66. The number of nitrogens with zero attached hydrogens (tertiary/aromatic N) is 2. The Bertz CT molecular complexity index is 281. The van der Waals surface area contributed by atoms with Gasteiger partial charge in [0.25, 0.3) is 0 Å². The van der Waals surface area contributed by atoms with E-state index in [9.17, 15) is 4.21 Å². The van der Waals surface area contributed by atoms with Crippen LogP contribution in [0.1, 0.15) is 5.82 Å². The summed E-state index contributed by atoms with van der Waals surface area (Å²) in [6.45, 7) is 0. The van der Waals surface area contributed by atoms with Gasteiger partial charge in [0.15, 0.2) is 11.1 Å². The summed E-state index contributed by atoms with van der Waals surface area (Å²) in [5.41, 5.74) is 0. The molecule has 0 aliphatic rings. The van der Waals surface area contributed by atoms with E-state index in [1.54, 1.807) is 6.07 Å². The zero-order chi connectivity index (χ0) is 8.27. The average Bonchev–Trinajstić information content (AvgIpc) is 1.85. The quantitative estimate of drug-likeness (QED) is 0.614. The van der Waals surface area contributed by atoms with Crippen molar-refractivity contribution in [3.63, 3.8) is 0 Å². The van der Waals surface area contributed by atoms with Gasteiger partial charge in [-0.2, -0.15) is 0 Å². The normalized spacial score (nSPS) is 12.9. The van der Waals surface area contributed by atoms with Gasteiger partial charge in [-0.15, -0.1) is 0 Å². The first-order chi connectivity index (χ1) is 5.18. The van der Waals surface area contributed by atoms with Gasteiger partial charge < -0.3 is 4.55 Å². The molecule has 0 bridgehead atoms. The highest BCUT2D eigenvalue weighted by Crippen LogP contribution is 2.04. The third kappa shape index (κ3) is 3.04. The predicted octanol–water partition coefficient (Wildman–Crippen LogP) is 0.961. The summed E-state index contributed by atoms with van der Waals surface area (Å²) in [6.07, 6.45) is 1.53. The van der Waals surface area contributed by atoms with Crippen LogP contribution in [0.4, 0.5) is 0 Å². The molecule has 6 heteroatoms. The van der Waals surface area contributed by atoms with Gasteiger partial charge in [-0.3, -0.25) is 0 Å². The molecule has 1 N–H and O–H groups in total. The molecule has 1 atom stereocenters. The number of rotatable bonds is 2. The Morgan fingerprint density at radius 2 is 2.45 bits per heavy atom. The Morgan fingerprint density at radius 3 is 3.00 bits per heavy atom. The van der Waals surface area contributed by atoms with E-state index in [1.165, 1.54) is 6.20 Å². The van der Waals surface area contributed by atoms with Crippen molar-refractivity contribution in [2.24, 2.45) is 0 Å². The lowest BCUT2D eigenvalue weighted by Gasteiger charge is -1.94. The van der Waals surface area contributed by atoms with Gasteiger partial charge in [-0.1, -0.05) is 0 Å². The Labute approximate surface area is 74.5 Å². The maximum absolute atomic E-state index is 10.3. The van der Waals surface area contributed by atoms with Gasteiger partial charge in [-0.05, 0) is 22.0 Å². The molecule has 0 fully saturated rings. The van der Waals surface area contributed by atoms with Gasteiger partial charge in [-0.25, -0.2) is 14.2 Å². The zero-order valence-electron chi connectivity index (χ0n) is 5.40. The van der Waals surface area contributed by atoms with E-state index < -0.39 is 11.1 Å². The molecule has 0 saturated heterocycles. The van der Waals surface area contributed by atoms with E-state index in [1.807, 2.05) is 0 Å². The molecular weight excluding hydrogens is 232 g/mol. The van der Waals surface area contributed by atoms with Crippen LogP contribution >= 0.6 is 15.9 Å². The number of hydrogen-bond donors (Lipinski definition) is 1. The first-order valence-corrected chi connectivity index (χ1v) is 4.80. The van der Waals surface area contributed by atoms with Crippen LogP contribution in [-0.4, -0.2) is 18.7 Å². The number of hydrogen-bond acceptors (Lipinski definition) is 3. The Kier molecular flexibility index (Phi) is 3.10. The topological polar surface area (TPSA) is 63.1 Å².